The summed E-state index contributed by atoms with van der Waals surface area (Å²) in [6.07, 6.45) is 0. The Hall–Kier alpha value is -1.76. The van der Waals surface area contributed by atoms with Crippen LogP contribution >= 0.6 is 23.2 Å². The summed E-state index contributed by atoms with van der Waals surface area (Å²) in [5, 5.41) is 11.1. The summed E-state index contributed by atoms with van der Waals surface area (Å²) in [5.41, 5.74) is 0.532. The van der Waals surface area contributed by atoms with E-state index in [0.29, 0.717) is 5.56 Å². The van der Waals surface area contributed by atoms with Gasteiger partial charge in [0.25, 0.3) is 10.0 Å². The molecule has 0 saturated heterocycles. The Labute approximate surface area is 137 Å². The fourth-order valence-electron chi connectivity index (χ4n) is 1.74. The molecule has 0 bridgehead atoms. The zero-order chi connectivity index (χ0) is 16.5. The summed E-state index contributed by atoms with van der Waals surface area (Å²) < 4.78 is 27.1. The fraction of sp³-hybridized carbons (Fsp3) is 0.0714. The van der Waals surface area contributed by atoms with Crippen molar-refractivity contribution in [3.63, 3.8) is 0 Å². The van der Waals surface area contributed by atoms with E-state index in [0.717, 1.165) is 0 Å². The smallest absolute Gasteiger partial charge is 0.263 e. The van der Waals surface area contributed by atoms with Crippen molar-refractivity contribution in [1.29, 1.82) is 0 Å². The second kappa shape index (κ2) is 6.16. The summed E-state index contributed by atoms with van der Waals surface area (Å²) in [7, 11) is -4.01. The Morgan fingerprint density at radius 2 is 1.82 bits per heavy atom. The first-order chi connectivity index (χ1) is 10.2. The van der Waals surface area contributed by atoms with Gasteiger partial charge in [0.05, 0.1) is 16.7 Å². The van der Waals surface area contributed by atoms with Gasteiger partial charge in [0.15, 0.2) is 0 Å². The van der Waals surface area contributed by atoms with E-state index >= 15 is 0 Å². The minimum Gasteiger partial charge on any atom is -0.545 e. The van der Waals surface area contributed by atoms with Crippen molar-refractivity contribution in [2.24, 2.45) is 0 Å². The number of aryl methyl sites for hydroxylation is 1. The molecule has 0 fully saturated rings. The lowest BCUT2D eigenvalue weighted by Gasteiger charge is -2.13. The van der Waals surface area contributed by atoms with Gasteiger partial charge in [-0.1, -0.05) is 35.3 Å². The van der Waals surface area contributed by atoms with Crippen LogP contribution in [0.2, 0.25) is 10.0 Å². The van der Waals surface area contributed by atoms with Crippen LogP contribution in [0, 0.1) is 6.92 Å². The van der Waals surface area contributed by atoms with Gasteiger partial charge in [-0.15, -0.1) is 0 Å². The van der Waals surface area contributed by atoms with Crippen molar-refractivity contribution in [2.75, 3.05) is 4.72 Å². The Morgan fingerprint density at radius 3 is 2.45 bits per heavy atom. The second-order valence-electron chi connectivity index (χ2n) is 4.50. The molecule has 5 nitrogen and oxygen atoms in total. The van der Waals surface area contributed by atoms with Crippen molar-refractivity contribution in [3.8, 4) is 0 Å². The quantitative estimate of drug-likeness (QED) is 0.909. The van der Waals surface area contributed by atoms with Gasteiger partial charge in [-0.05, 0) is 42.3 Å². The van der Waals surface area contributed by atoms with Gasteiger partial charge in [-0.25, -0.2) is 8.42 Å². The van der Waals surface area contributed by atoms with Crippen LogP contribution < -0.4 is 9.83 Å². The van der Waals surface area contributed by atoms with Crippen molar-refractivity contribution < 1.29 is 18.3 Å². The minimum absolute atomic E-state index is 0.00519. The van der Waals surface area contributed by atoms with Crippen molar-refractivity contribution in [1.82, 2.24) is 0 Å². The van der Waals surface area contributed by atoms with Gasteiger partial charge in [0, 0.05) is 5.02 Å². The highest BCUT2D eigenvalue weighted by Crippen LogP contribution is 2.28. The molecule has 0 radical (unpaired) electrons. The van der Waals surface area contributed by atoms with E-state index in [1.54, 1.807) is 6.92 Å². The third kappa shape index (κ3) is 3.52. The molecular formula is C14H10Cl2NO4S-. The van der Waals surface area contributed by atoms with Crippen LogP contribution in [-0.2, 0) is 10.0 Å². The molecule has 8 heteroatoms. The van der Waals surface area contributed by atoms with Crippen molar-refractivity contribution >= 4 is 44.9 Å². The lowest BCUT2D eigenvalue weighted by Crippen LogP contribution is -2.22. The van der Waals surface area contributed by atoms with E-state index in [-0.39, 0.29) is 26.2 Å². The van der Waals surface area contributed by atoms with Gasteiger partial charge in [-0.3, -0.25) is 4.72 Å². The molecule has 22 heavy (non-hydrogen) atoms. The van der Waals surface area contributed by atoms with Crippen LogP contribution in [0.1, 0.15) is 15.9 Å². The summed E-state index contributed by atoms with van der Waals surface area (Å²) in [5.74, 6) is -1.40. The Balaban J connectivity index is 2.47. The minimum atomic E-state index is -4.01. The zero-order valence-corrected chi connectivity index (χ0v) is 13.6. The van der Waals surface area contributed by atoms with E-state index in [1.807, 2.05) is 0 Å². The number of halogens is 2. The van der Waals surface area contributed by atoms with Gasteiger partial charge in [0.1, 0.15) is 4.90 Å². The van der Waals surface area contributed by atoms with Crippen LogP contribution in [0.15, 0.2) is 41.3 Å². The zero-order valence-electron chi connectivity index (χ0n) is 11.3. The number of carboxylic acid groups (broad SMARTS) is 1. The van der Waals surface area contributed by atoms with Crippen molar-refractivity contribution in [2.45, 2.75) is 11.8 Å². The van der Waals surface area contributed by atoms with Gasteiger partial charge >= 0.3 is 0 Å². The SMILES string of the molecule is Cc1ccc(C(=O)[O-])cc1NS(=O)(=O)c1cc(Cl)ccc1Cl. The van der Waals surface area contributed by atoms with E-state index < -0.39 is 16.0 Å². The molecule has 116 valence electrons. The molecule has 0 spiro atoms. The highest BCUT2D eigenvalue weighted by Gasteiger charge is 2.19. The lowest BCUT2D eigenvalue weighted by molar-refractivity contribution is -0.255. The average molecular weight is 359 g/mol. The molecule has 0 saturated carbocycles. The molecule has 0 aliphatic heterocycles. The largest absolute Gasteiger partial charge is 0.545 e. The second-order valence-corrected chi connectivity index (χ2v) is 6.99. The van der Waals surface area contributed by atoms with Crippen LogP contribution in [0.4, 0.5) is 5.69 Å². The molecule has 2 rings (SSSR count). The molecule has 0 aromatic heterocycles. The predicted molar refractivity (Wildman–Crippen MR) is 82.8 cm³/mol. The molecular weight excluding hydrogens is 349 g/mol. The number of hydrogen-bond acceptors (Lipinski definition) is 4. The Morgan fingerprint density at radius 1 is 1.14 bits per heavy atom. The molecule has 2 aromatic carbocycles. The summed E-state index contributed by atoms with van der Waals surface area (Å²) in [6, 6.07) is 8.02. The first-order valence-electron chi connectivity index (χ1n) is 6.00. The standard InChI is InChI=1S/C14H11Cl2NO4S/c1-8-2-3-9(14(18)19)6-12(8)17-22(20,21)13-7-10(15)4-5-11(13)16/h2-7,17H,1H3,(H,18,19)/p-1. The van der Waals surface area contributed by atoms with E-state index in [1.165, 1.54) is 36.4 Å². The van der Waals surface area contributed by atoms with Crippen LogP contribution in [0.3, 0.4) is 0 Å². The van der Waals surface area contributed by atoms with Gasteiger partial charge < -0.3 is 9.90 Å². The summed E-state index contributed by atoms with van der Waals surface area (Å²) >= 11 is 11.7. The molecule has 0 atom stereocenters. The number of carbonyl (C=O) groups excluding carboxylic acids is 1. The number of carboxylic acids is 1. The monoisotopic (exact) mass is 358 g/mol. The van der Waals surface area contributed by atoms with Crippen LogP contribution in [0.25, 0.3) is 0 Å². The number of aromatic carboxylic acids is 1. The highest BCUT2D eigenvalue weighted by atomic mass is 35.5. The molecule has 0 amide bonds. The van der Waals surface area contributed by atoms with E-state index in [2.05, 4.69) is 4.72 Å². The molecule has 0 heterocycles. The maximum Gasteiger partial charge on any atom is 0.263 e. The normalized spacial score (nSPS) is 11.2. The third-order valence-electron chi connectivity index (χ3n) is 2.90. The Kier molecular flexibility index (Phi) is 4.65. The molecule has 0 unspecified atom stereocenters. The Bertz CT molecular complexity index is 850. The predicted octanol–water partition coefficient (Wildman–Crippen LogP) is 2.47. The number of benzene rings is 2. The lowest BCUT2D eigenvalue weighted by atomic mass is 10.1. The number of anilines is 1. The third-order valence-corrected chi connectivity index (χ3v) is 4.98. The highest BCUT2D eigenvalue weighted by molar-refractivity contribution is 7.92. The van der Waals surface area contributed by atoms with Crippen molar-refractivity contribution in [3.05, 3.63) is 57.6 Å². The maximum atomic E-state index is 12.4. The molecule has 2 aromatic rings. The average Bonchev–Trinajstić information content (AvgIpc) is 2.43. The topological polar surface area (TPSA) is 86.3 Å². The maximum absolute atomic E-state index is 12.4. The number of sulfonamides is 1. The van der Waals surface area contributed by atoms with E-state index in [9.17, 15) is 18.3 Å². The first kappa shape index (κ1) is 16.6. The first-order valence-corrected chi connectivity index (χ1v) is 8.24. The number of nitrogens with one attached hydrogen (secondary N) is 1. The van der Waals surface area contributed by atoms with E-state index in [4.69, 9.17) is 23.2 Å². The summed E-state index contributed by atoms with van der Waals surface area (Å²) in [4.78, 5) is 10.7. The van der Waals surface area contributed by atoms with Crippen LogP contribution in [0.5, 0.6) is 0 Å². The fourth-order valence-corrected chi connectivity index (χ4v) is 3.63. The number of carbonyl (C=O) groups is 1. The van der Waals surface area contributed by atoms with Crippen LogP contribution in [-0.4, -0.2) is 14.4 Å². The number of rotatable bonds is 4. The number of hydrogen-bond donors (Lipinski definition) is 1. The van der Waals surface area contributed by atoms with Gasteiger partial charge in [-0.2, -0.15) is 0 Å². The molecule has 1 N–H and O–H groups in total. The summed E-state index contributed by atoms with van der Waals surface area (Å²) in [6.45, 7) is 1.64. The molecule has 0 aliphatic rings. The van der Waals surface area contributed by atoms with Gasteiger partial charge in [0.2, 0.25) is 0 Å². The molecule has 0 aliphatic carbocycles.